The summed E-state index contributed by atoms with van der Waals surface area (Å²) in [6.45, 7) is 0.291. The Labute approximate surface area is 58.5 Å². The van der Waals surface area contributed by atoms with E-state index in [9.17, 15) is 9.59 Å². The first-order valence-electron chi connectivity index (χ1n) is 3.07. The van der Waals surface area contributed by atoms with Crippen molar-refractivity contribution in [1.29, 1.82) is 0 Å². The van der Waals surface area contributed by atoms with Gasteiger partial charge in [0, 0.05) is 6.42 Å². The Balaban J connectivity index is 2.44. The second kappa shape index (κ2) is 2.79. The number of esters is 1. The zero-order valence-electron chi connectivity index (χ0n) is 5.72. The molecule has 1 fully saturated rings. The summed E-state index contributed by atoms with van der Waals surface area (Å²) in [6.07, 6.45) is 0.271. The number of Topliss-reactive ketones (excluding diaryl/α,β-unsaturated/α-hetero) is 1. The summed E-state index contributed by atoms with van der Waals surface area (Å²) in [5, 5.41) is 2.73. The SMILES string of the molecule is COC(=O)[C@H]1CC(=O)CN1. The number of carbonyl (C=O) groups excluding carboxylic acids is 2. The van der Waals surface area contributed by atoms with Gasteiger partial charge in [-0.15, -0.1) is 0 Å². The van der Waals surface area contributed by atoms with Crippen LogP contribution in [0.4, 0.5) is 0 Å². The molecule has 1 rings (SSSR count). The molecule has 0 aliphatic carbocycles. The first kappa shape index (κ1) is 7.21. The number of ether oxygens (including phenoxy) is 1. The lowest BCUT2D eigenvalue weighted by Gasteiger charge is -2.03. The molecular formula is C6H9NO3. The van der Waals surface area contributed by atoms with Crippen molar-refractivity contribution >= 4 is 11.8 Å². The summed E-state index contributed by atoms with van der Waals surface area (Å²) in [6, 6.07) is -0.405. The highest BCUT2D eigenvalue weighted by atomic mass is 16.5. The zero-order valence-corrected chi connectivity index (χ0v) is 5.72. The number of carbonyl (C=O) groups is 2. The van der Waals surface area contributed by atoms with E-state index in [-0.39, 0.29) is 18.2 Å². The Kier molecular flexibility index (Phi) is 2.01. The van der Waals surface area contributed by atoms with E-state index in [0.29, 0.717) is 6.54 Å². The van der Waals surface area contributed by atoms with Gasteiger partial charge in [-0.25, -0.2) is 0 Å². The van der Waals surface area contributed by atoms with E-state index >= 15 is 0 Å². The average molecular weight is 143 g/mol. The number of ketones is 1. The quantitative estimate of drug-likeness (QED) is 0.483. The molecule has 0 bridgehead atoms. The van der Waals surface area contributed by atoms with Gasteiger partial charge in [-0.05, 0) is 0 Å². The van der Waals surface area contributed by atoms with E-state index < -0.39 is 6.04 Å². The van der Waals surface area contributed by atoms with Gasteiger partial charge in [-0.2, -0.15) is 0 Å². The molecule has 1 atom stereocenters. The van der Waals surface area contributed by atoms with Gasteiger partial charge in [-0.3, -0.25) is 14.9 Å². The third kappa shape index (κ3) is 1.33. The van der Waals surface area contributed by atoms with Crippen LogP contribution in [0.15, 0.2) is 0 Å². The number of rotatable bonds is 1. The smallest absolute Gasteiger partial charge is 0.323 e. The van der Waals surface area contributed by atoms with Crippen LogP contribution >= 0.6 is 0 Å². The van der Waals surface area contributed by atoms with Crippen molar-refractivity contribution in [3.63, 3.8) is 0 Å². The van der Waals surface area contributed by atoms with E-state index in [1.54, 1.807) is 0 Å². The van der Waals surface area contributed by atoms with Crippen LogP contribution < -0.4 is 5.32 Å². The van der Waals surface area contributed by atoms with Crippen molar-refractivity contribution in [2.45, 2.75) is 12.5 Å². The summed E-state index contributed by atoms with van der Waals surface area (Å²) in [4.78, 5) is 21.3. The maximum atomic E-state index is 10.7. The molecule has 0 aromatic carbocycles. The predicted molar refractivity (Wildman–Crippen MR) is 33.4 cm³/mol. The van der Waals surface area contributed by atoms with Crippen LogP contribution in [-0.2, 0) is 14.3 Å². The lowest BCUT2D eigenvalue weighted by Crippen LogP contribution is -2.31. The molecule has 0 spiro atoms. The highest BCUT2D eigenvalue weighted by Crippen LogP contribution is 2.02. The first-order valence-corrected chi connectivity index (χ1v) is 3.07. The molecule has 0 radical (unpaired) electrons. The van der Waals surface area contributed by atoms with Gasteiger partial charge in [0.05, 0.1) is 13.7 Å². The molecule has 1 N–H and O–H groups in total. The van der Waals surface area contributed by atoms with Crippen molar-refractivity contribution < 1.29 is 14.3 Å². The molecule has 56 valence electrons. The molecule has 10 heavy (non-hydrogen) atoms. The molecule has 4 nitrogen and oxygen atoms in total. The summed E-state index contributed by atoms with van der Waals surface area (Å²) in [5.74, 6) is -0.291. The minimum absolute atomic E-state index is 0.0652. The molecule has 0 saturated carbocycles. The van der Waals surface area contributed by atoms with E-state index in [1.165, 1.54) is 7.11 Å². The minimum Gasteiger partial charge on any atom is -0.468 e. The molecule has 0 amide bonds. The largest absolute Gasteiger partial charge is 0.468 e. The highest BCUT2D eigenvalue weighted by molar-refractivity contribution is 5.91. The van der Waals surface area contributed by atoms with Gasteiger partial charge in [-0.1, -0.05) is 0 Å². The fourth-order valence-electron chi connectivity index (χ4n) is 0.918. The van der Waals surface area contributed by atoms with E-state index in [2.05, 4.69) is 10.1 Å². The van der Waals surface area contributed by atoms with Crippen molar-refractivity contribution in [2.24, 2.45) is 0 Å². The van der Waals surface area contributed by atoms with E-state index in [1.807, 2.05) is 0 Å². The third-order valence-corrected chi connectivity index (χ3v) is 1.46. The average Bonchev–Trinajstić information content (AvgIpc) is 2.34. The Morgan fingerprint density at radius 2 is 2.50 bits per heavy atom. The van der Waals surface area contributed by atoms with Crippen molar-refractivity contribution in [1.82, 2.24) is 5.32 Å². The maximum Gasteiger partial charge on any atom is 0.323 e. The monoisotopic (exact) mass is 143 g/mol. The van der Waals surface area contributed by atoms with Crippen LogP contribution in [0, 0.1) is 0 Å². The van der Waals surface area contributed by atoms with Crippen molar-refractivity contribution in [2.75, 3.05) is 13.7 Å². The number of nitrogens with one attached hydrogen (secondary N) is 1. The number of methoxy groups -OCH3 is 1. The highest BCUT2D eigenvalue weighted by Gasteiger charge is 2.27. The Morgan fingerprint density at radius 1 is 1.80 bits per heavy atom. The minimum atomic E-state index is -0.405. The van der Waals surface area contributed by atoms with Crippen molar-refractivity contribution in [3.8, 4) is 0 Å². The molecule has 1 aliphatic heterocycles. The zero-order chi connectivity index (χ0) is 7.56. The van der Waals surface area contributed by atoms with Gasteiger partial charge in [0.15, 0.2) is 0 Å². The number of hydrogen-bond donors (Lipinski definition) is 1. The van der Waals surface area contributed by atoms with Gasteiger partial charge >= 0.3 is 5.97 Å². The lowest BCUT2D eigenvalue weighted by molar-refractivity contribution is -0.143. The van der Waals surface area contributed by atoms with E-state index in [0.717, 1.165) is 0 Å². The fraction of sp³-hybridized carbons (Fsp3) is 0.667. The number of hydrogen-bond acceptors (Lipinski definition) is 4. The van der Waals surface area contributed by atoms with Crippen molar-refractivity contribution in [3.05, 3.63) is 0 Å². The molecule has 0 aromatic heterocycles. The van der Waals surface area contributed by atoms with Crippen LogP contribution in [0.3, 0.4) is 0 Å². The van der Waals surface area contributed by atoms with Gasteiger partial charge in [0.1, 0.15) is 11.8 Å². The first-order chi connectivity index (χ1) is 4.74. The molecule has 1 heterocycles. The molecule has 0 aromatic rings. The summed E-state index contributed by atoms with van der Waals surface area (Å²) in [5.41, 5.74) is 0. The Morgan fingerprint density at radius 3 is 2.90 bits per heavy atom. The predicted octanol–water partition coefficient (Wildman–Crippen LogP) is -0.910. The van der Waals surface area contributed by atoms with Gasteiger partial charge < -0.3 is 4.74 Å². The topological polar surface area (TPSA) is 55.4 Å². The molecule has 0 unspecified atom stereocenters. The lowest BCUT2D eigenvalue weighted by atomic mass is 10.2. The molecule has 1 aliphatic rings. The van der Waals surface area contributed by atoms with Crippen LogP contribution in [-0.4, -0.2) is 31.4 Å². The fourth-order valence-corrected chi connectivity index (χ4v) is 0.918. The standard InChI is InChI=1S/C6H9NO3/c1-10-6(9)5-2-4(8)3-7-5/h5,7H,2-3H2,1H3/t5-/m1/s1. The Bertz CT molecular complexity index is 166. The molecular weight excluding hydrogens is 134 g/mol. The van der Waals surface area contributed by atoms with Crippen LogP contribution in [0.25, 0.3) is 0 Å². The van der Waals surface area contributed by atoms with Crippen LogP contribution in [0.1, 0.15) is 6.42 Å². The second-order valence-electron chi connectivity index (χ2n) is 2.20. The Hall–Kier alpha value is -0.900. The summed E-state index contributed by atoms with van der Waals surface area (Å²) in [7, 11) is 1.31. The summed E-state index contributed by atoms with van der Waals surface area (Å²) >= 11 is 0. The van der Waals surface area contributed by atoms with Gasteiger partial charge in [0.2, 0.25) is 0 Å². The molecule has 1 saturated heterocycles. The third-order valence-electron chi connectivity index (χ3n) is 1.46. The van der Waals surface area contributed by atoms with Gasteiger partial charge in [0.25, 0.3) is 0 Å². The maximum absolute atomic E-state index is 10.7. The van der Waals surface area contributed by atoms with Crippen LogP contribution in [0.2, 0.25) is 0 Å². The second-order valence-corrected chi connectivity index (χ2v) is 2.20. The van der Waals surface area contributed by atoms with E-state index in [4.69, 9.17) is 0 Å². The van der Waals surface area contributed by atoms with Crippen LogP contribution in [0.5, 0.6) is 0 Å². The molecule has 4 heteroatoms. The normalized spacial score (nSPS) is 24.9. The summed E-state index contributed by atoms with van der Waals surface area (Å²) < 4.78 is 4.43.